The van der Waals surface area contributed by atoms with Crippen LogP contribution in [0.4, 0.5) is 4.79 Å². The van der Waals surface area contributed by atoms with Gasteiger partial charge in [0.2, 0.25) is 0 Å². The molecule has 2 unspecified atom stereocenters. The molecule has 0 aromatic heterocycles. The van der Waals surface area contributed by atoms with Crippen molar-refractivity contribution in [3.8, 4) is 0 Å². The smallest absolute Gasteiger partial charge is 0.410 e. The molecule has 1 N–H and O–H groups in total. The monoisotopic (exact) mass is 282 g/mol. The van der Waals surface area contributed by atoms with Gasteiger partial charge in [0, 0.05) is 24.0 Å². The molecule has 0 radical (unpaired) electrons. The zero-order valence-electron chi connectivity index (χ0n) is 13.7. The van der Waals surface area contributed by atoms with E-state index in [9.17, 15) is 4.79 Å². The van der Waals surface area contributed by atoms with Gasteiger partial charge in [0.1, 0.15) is 5.60 Å². The fraction of sp³-hybridized carbons (Fsp3) is 0.938. The average Bonchev–Trinajstić information content (AvgIpc) is 2.99. The lowest BCUT2D eigenvalue weighted by atomic mass is 9.75. The summed E-state index contributed by atoms with van der Waals surface area (Å²) >= 11 is 0. The Morgan fingerprint density at radius 1 is 1.15 bits per heavy atom. The molecule has 0 aromatic rings. The van der Waals surface area contributed by atoms with Gasteiger partial charge < -0.3 is 15.0 Å². The third-order valence-electron chi connectivity index (χ3n) is 4.70. The summed E-state index contributed by atoms with van der Waals surface area (Å²) in [5.74, 6) is 0. The molecule has 4 heteroatoms. The summed E-state index contributed by atoms with van der Waals surface area (Å²) in [6.45, 7) is 12.3. The van der Waals surface area contributed by atoms with E-state index in [4.69, 9.17) is 4.74 Å². The van der Waals surface area contributed by atoms with Crippen LogP contribution in [0, 0.1) is 5.41 Å². The largest absolute Gasteiger partial charge is 0.444 e. The molecule has 2 atom stereocenters. The van der Waals surface area contributed by atoms with Crippen molar-refractivity contribution >= 4 is 6.09 Å². The highest BCUT2D eigenvalue weighted by Crippen LogP contribution is 2.39. The predicted molar refractivity (Wildman–Crippen MR) is 80.8 cm³/mol. The third-order valence-corrected chi connectivity index (χ3v) is 4.70. The van der Waals surface area contributed by atoms with E-state index in [0.29, 0.717) is 6.04 Å². The SMILES string of the molecule is CC(C)(C)OC(=O)N1CCCC1C(C)(C)C1CCCN1. The first kappa shape index (κ1) is 15.6. The van der Waals surface area contributed by atoms with Gasteiger partial charge in [-0.1, -0.05) is 13.8 Å². The molecule has 116 valence electrons. The highest BCUT2D eigenvalue weighted by molar-refractivity contribution is 5.69. The summed E-state index contributed by atoms with van der Waals surface area (Å²) in [7, 11) is 0. The van der Waals surface area contributed by atoms with Gasteiger partial charge in [-0.05, 0) is 53.0 Å². The van der Waals surface area contributed by atoms with Crippen LogP contribution in [0.3, 0.4) is 0 Å². The van der Waals surface area contributed by atoms with Gasteiger partial charge in [-0.3, -0.25) is 0 Å². The number of hydrogen-bond acceptors (Lipinski definition) is 3. The van der Waals surface area contributed by atoms with E-state index in [1.165, 1.54) is 12.8 Å². The van der Waals surface area contributed by atoms with Crippen molar-refractivity contribution in [3.63, 3.8) is 0 Å². The van der Waals surface area contributed by atoms with Crippen LogP contribution in [0.25, 0.3) is 0 Å². The number of likely N-dealkylation sites (tertiary alicyclic amines) is 1. The van der Waals surface area contributed by atoms with Crippen LogP contribution in [0.1, 0.15) is 60.3 Å². The molecule has 4 nitrogen and oxygen atoms in total. The van der Waals surface area contributed by atoms with Crippen molar-refractivity contribution in [2.75, 3.05) is 13.1 Å². The molecular formula is C16H30N2O2. The second-order valence-corrected chi connectivity index (χ2v) is 7.80. The topological polar surface area (TPSA) is 41.6 Å². The van der Waals surface area contributed by atoms with E-state index in [-0.39, 0.29) is 17.6 Å². The van der Waals surface area contributed by atoms with E-state index in [2.05, 4.69) is 19.2 Å². The maximum atomic E-state index is 12.4. The first-order valence-corrected chi connectivity index (χ1v) is 7.95. The normalized spacial score (nSPS) is 27.9. The standard InChI is InChI=1S/C16H30N2O2/c1-15(2,3)20-14(19)18-11-7-9-13(18)16(4,5)12-8-6-10-17-12/h12-13,17H,6-11H2,1-5H3. The molecule has 2 fully saturated rings. The lowest BCUT2D eigenvalue weighted by Crippen LogP contribution is -2.53. The van der Waals surface area contributed by atoms with E-state index in [1.54, 1.807) is 0 Å². The van der Waals surface area contributed by atoms with E-state index in [1.807, 2.05) is 25.7 Å². The van der Waals surface area contributed by atoms with Crippen molar-refractivity contribution in [3.05, 3.63) is 0 Å². The van der Waals surface area contributed by atoms with Gasteiger partial charge in [0.15, 0.2) is 0 Å². The fourth-order valence-electron chi connectivity index (χ4n) is 3.63. The van der Waals surface area contributed by atoms with Gasteiger partial charge in [0.05, 0.1) is 0 Å². The maximum Gasteiger partial charge on any atom is 0.410 e. The van der Waals surface area contributed by atoms with Crippen LogP contribution >= 0.6 is 0 Å². The first-order valence-electron chi connectivity index (χ1n) is 7.95. The van der Waals surface area contributed by atoms with Crippen molar-refractivity contribution in [2.45, 2.75) is 78.0 Å². The molecule has 2 aliphatic rings. The number of nitrogens with one attached hydrogen (secondary N) is 1. The maximum absolute atomic E-state index is 12.4. The second-order valence-electron chi connectivity index (χ2n) is 7.80. The third kappa shape index (κ3) is 3.27. The summed E-state index contributed by atoms with van der Waals surface area (Å²) in [5, 5.41) is 3.60. The minimum atomic E-state index is -0.417. The number of rotatable bonds is 2. The second kappa shape index (κ2) is 5.55. The Bertz CT molecular complexity index is 354. The summed E-state index contributed by atoms with van der Waals surface area (Å²) in [6.07, 6.45) is 4.48. The van der Waals surface area contributed by atoms with Gasteiger partial charge in [-0.25, -0.2) is 4.79 Å². The molecular weight excluding hydrogens is 252 g/mol. The van der Waals surface area contributed by atoms with E-state index < -0.39 is 5.60 Å². The quantitative estimate of drug-likeness (QED) is 0.846. The van der Waals surface area contributed by atoms with Crippen LogP contribution in [-0.4, -0.2) is 41.8 Å². The highest BCUT2D eigenvalue weighted by Gasteiger charge is 2.45. The number of carbonyl (C=O) groups excluding carboxylic acids is 1. The molecule has 0 spiro atoms. The number of carbonyl (C=O) groups is 1. The van der Waals surface area contributed by atoms with Gasteiger partial charge in [0.25, 0.3) is 0 Å². The Kier molecular flexibility index (Phi) is 4.33. The Labute approximate surface area is 123 Å². The Hall–Kier alpha value is -0.770. The van der Waals surface area contributed by atoms with Crippen molar-refractivity contribution in [1.29, 1.82) is 0 Å². The van der Waals surface area contributed by atoms with Gasteiger partial charge in [-0.2, -0.15) is 0 Å². The Morgan fingerprint density at radius 3 is 2.40 bits per heavy atom. The molecule has 2 heterocycles. The van der Waals surface area contributed by atoms with Crippen LogP contribution in [0.15, 0.2) is 0 Å². The molecule has 2 saturated heterocycles. The molecule has 0 bridgehead atoms. The van der Waals surface area contributed by atoms with Gasteiger partial charge >= 0.3 is 6.09 Å². The van der Waals surface area contributed by atoms with Crippen molar-refractivity contribution in [1.82, 2.24) is 10.2 Å². The predicted octanol–water partition coefficient (Wildman–Crippen LogP) is 3.16. The summed E-state index contributed by atoms with van der Waals surface area (Å²) < 4.78 is 5.58. The Balaban J connectivity index is 2.08. The van der Waals surface area contributed by atoms with Crippen molar-refractivity contribution < 1.29 is 9.53 Å². The zero-order valence-corrected chi connectivity index (χ0v) is 13.7. The van der Waals surface area contributed by atoms with E-state index in [0.717, 1.165) is 25.9 Å². The van der Waals surface area contributed by atoms with Crippen LogP contribution in [0.2, 0.25) is 0 Å². The number of hydrogen-bond donors (Lipinski definition) is 1. The van der Waals surface area contributed by atoms with Crippen LogP contribution < -0.4 is 5.32 Å². The van der Waals surface area contributed by atoms with E-state index >= 15 is 0 Å². The summed E-state index contributed by atoms with van der Waals surface area (Å²) in [5.41, 5.74) is -0.316. The van der Waals surface area contributed by atoms with Crippen molar-refractivity contribution in [2.24, 2.45) is 5.41 Å². The molecule has 2 aliphatic heterocycles. The number of ether oxygens (including phenoxy) is 1. The molecule has 0 aromatic carbocycles. The zero-order chi connectivity index (χ0) is 15.0. The number of nitrogens with zero attached hydrogens (tertiary/aromatic N) is 1. The number of amides is 1. The molecule has 20 heavy (non-hydrogen) atoms. The lowest BCUT2D eigenvalue weighted by molar-refractivity contribution is 0.00630. The first-order chi connectivity index (χ1) is 9.22. The lowest BCUT2D eigenvalue weighted by Gasteiger charge is -2.42. The highest BCUT2D eigenvalue weighted by atomic mass is 16.6. The minimum Gasteiger partial charge on any atom is -0.444 e. The minimum absolute atomic E-state index is 0.101. The van der Waals surface area contributed by atoms with Crippen LogP contribution in [-0.2, 0) is 4.74 Å². The van der Waals surface area contributed by atoms with Crippen LogP contribution in [0.5, 0.6) is 0 Å². The molecule has 2 rings (SSSR count). The summed E-state index contributed by atoms with van der Waals surface area (Å²) in [6, 6.07) is 0.795. The molecule has 0 saturated carbocycles. The molecule has 1 amide bonds. The fourth-order valence-corrected chi connectivity index (χ4v) is 3.63. The average molecular weight is 282 g/mol. The van der Waals surface area contributed by atoms with Gasteiger partial charge in [-0.15, -0.1) is 0 Å². The Morgan fingerprint density at radius 2 is 1.85 bits per heavy atom. The summed E-state index contributed by atoms with van der Waals surface area (Å²) in [4.78, 5) is 14.4. The molecule has 0 aliphatic carbocycles.